The molecular formula is C6H6O2S. The molecular weight excluding hydrogens is 136 g/mol. The van der Waals surface area contributed by atoms with E-state index in [1.54, 1.807) is 6.07 Å². The molecule has 0 aliphatic rings. The van der Waals surface area contributed by atoms with Crippen LogP contribution < -0.4 is 5.63 Å². The zero-order chi connectivity index (χ0) is 6.69. The molecule has 1 aromatic heterocycles. The van der Waals surface area contributed by atoms with E-state index >= 15 is 0 Å². The Labute approximate surface area is 56.9 Å². The summed E-state index contributed by atoms with van der Waals surface area (Å²) >= 11 is 1.52. The minimum atomic E-state index is -0.290. The molecule has 0 N–H and O–H groups in total. The van der Waals surface area contributed by atoms with Gasteiger partial charge in [-0.05, 0) is 12.3 Å². The molecule has 0 fully saturated rings. The molecule has 0 amide bonds. The Kier molecular flexibility index (Phi) is 1.95. The van der Waals surface area contributed by atoms with Crippen LogP contribution in [0.4, 0.5) is 0 Å². The predicted molar refractivity (Wildman–Crippen MR) is 36.8 cm³/mol. The van der Waals surface area contributed by atoms with Gasteiger partial charge in [0.2, 0.25) is 0 Å². The first-order valence-corrected chi connectivity index (χ1v) is 3.68. The lowest BCUT2D eigenvalue weighted by atomic mass is 10.5. The summed E-state index contributed by atoms with van der Waals surface area (Å²) < 4.78 is 4.50. The fourth-order valence-electron chi connectivity index (χ4n) is 0.493. The van der Waals surface area contributed by atoms with E-state index in [4.69, 9.17) is 0 Å². The molecule has 0 atom stereocenters. The Morgan fingerprint density at radius 2 is 2.44 bits per heavy atom. The van der Waals surface area contributed by atoms with E-state index in [1.807, 2.05) is 6.26 Å². The van der Waals surface area contributed by atoms with Crippen LogP contribution >= 0.6 is 11.8 Å². The lowest BCUT2D eigenvalue weighted by Gasteiger charge is -1.88. The number of thioether (sulfide) groups is 1. The maximum Gasteiger partial charge on any atom is 0.336 e. The van der Waals surface area contributed by atoms with Crippen molar-refractivity contribution in [3.05, 3.63) is 28.8 Å². The standard InChI is InChI=1S/C6H6O2S/c1-9-5-2-3-8-6(7)4-5/h2-4H,1H3. The van der Waals surface area contributed by atoms with E-state index < -0.39 is 0 Å². The van der Waals surface area contributed by atoms with Crippen LogP contribution in [-0.4, -0.2) is 6.26 Å². The summed E-state index contributed by atoms with van der Waals surface area (Å²) in [4.78, 5) is 11.4. The molecule has 0 aliphatic heterocycles. The van der Waals surface area contributed by atoms with Crippen molar-refractivity contribution in [1.82, 2.24) is 0 Å². The zero-order valence-corrected chi connectivity index (χ0v) is 5.77. The Morgan fingerprint density at radius 1 is 1.67 bits per heavy atom. The number of hydrogen-bond acceptors (Lipinski definition) is 3. The van der Waals surface area contributed by atoms with Crippen LogP contribution in [0.15, 0.2) is 32.5 Å². The first kappa shape index (κ1) is 6.42. The minimum absolute atomic E-state index is 0.290. The van der Waals surface area contributed by atoms with E-state index in [0.29, 0.717) is 0 Å². The molecule has 2 nitrogen and oxygen atoms in total. The number of rotatable bonds is 1. The van der Waals surface area contributed by atoms with Gasteiger partial charge in [0.15, 0.2) is 0 Å². The van der Waals surface area contributed by atoms with Gasteiger partial charge in [-0.3, -0.25) is 0 Å². The highest BCUT2D eigenvalue weighted by Crippen LogP contribution is 2.09. The molecule has 3 heteroatoms. The van der Waals surface area contributed by atoms with Crippen molar-refractivity contribution in [2.24, 2.45) is 0 Å². The fraction of sp³-hybridized carbons (Fsp3) is 0.167. The summed E-state index contributed by atoms with van der Waals surface area (Å²) in [6.07, 6.45) is 3.31. The van der Waals surface area contributed by atoms with Crippen molar-refractivity contribution >= 4 is 11.8 Å². The topological polar surface area (TPSA) is 30.2 Å². The van der Waals surface area contributed by atoms with Gasteiger partial charge < -0.3 is 4.42 Å². The molecule has 0 unspecified atom stereocenters. The van der Waals surface area contributed by atoms with Gasteiger partial charge in [0, 0.05) is 11.0 Å². The molecule has 1 rings (SSSR count). The molecule has 1 heterocycles. The highest BCUT2D eigenvalue weighted by atomic mass is 32.2. The van der Waals surface area contributed by atoms with Crippen LogP contribution in [0.5, 0.6) is 0 Å². The van der Waals surface area contributed by atoms with Crippen LogP contribution in [0.3, 0.4) is 0 Å². The van der Waals surface area contributed by atoms with Gasteiger partial charge in [-0.2, -0.15) is 0 Å². The van der Waals surface area contributed by atoms with E-state index in [9.17, 15) is 4.79 Å². The first-order valence-electron chi connectivity index (χ1n) is 2.46. The van der Waals surface area contributed by atoms with Gasteiger partial charge in [-0.25, -0.2) is 4.79 Å². The second-order valence-corrected chi connectivity index (χ2v) is 2.37. The summed E-state index contributed by atoms with van der Waals surface area (Å²) in [5.41, 5.74) is -0.290. The molecule has 0 spiro atoms. The molecule has 0 aliphatic carbocycles. The Morgan fingerprint density at radius 3 is 2.89 bits per heavy atom. The summed E-state index contributed by atoms with van der Waals surface area (Å²) in [5.74, 6) is 0. The van der Waals surface area contributed by atoms with Crippen molar-refractivity contribution < 1.29 is 4.42 Å². The van der Waals surface area contributed by atoms with Gasteiger partial charge in [-0.1, -0.05) is 0 Å². The zero-order valence-electron chi connectivity index (χ0n) is 4.96. The third-order valence-corrected chi connectivity index (χ3v) is 1.64. The van der Waals surface area contributed by atoms with Gasteiger partial charge >= 0.3 is 5.63 Å². The lowest BCUT2D eigenvalue weighted by molar-refractivity contribution is 0.506. The second kappa shape index (κ2) is 2.73. The van der Waals surface area contributed by atoms with E-state index in [1.165, 1.54) is 24.1 Å². The van der Waals surface area contributed by atoms with Crippen LogP contribution in [0, 0.1) is 0 Å². The van der Waals surface area contributed by atoms with Gasteiger partial charge in [0.1, 0.15) is 0 Å². The molecule has 1 aromatic rings. The average molecular weight is 142 g/mol. The molecule has 0 aromatic carbocycles. The summed E-state index contributed by atoms with van der Waals surface area (Å²) in [5, 5.41) is 0. The summed E-state index contributed by atoms with van der Waals surface area (Å²) in [6.45, 7) is 0. The molecule has 0 bridgehead atoms. The summed E-state index contributed by atoms with van der Waals surface area (Å²) in [7, 11) is 0. The van der Waals surface area contributed by atoms with Gasteiger partial charge in [0.25, 0.3) is 0 Å². The largest absolute Gasteiger partial charge is 0.431 e. The first-order chi connectivity index (χ1) is 4.33. The molecule has 9 heavy (non-hydrogen) atoms. The minimum Gasteiger partial charge on any atom is -0.431 e. The van der Waals surface area contributed by atoms with Gasteiger partial charge in [-0.15, -0.1) is 11.8 Å². The van der Waals surface area contributed by atoms with Crippen molar-refractivity contribution in [2.75, 3.05) is 6.26 Å². The van der Waals surface area contributed by atoms with Crippen LogP contribution in [0.1, 0.15) is 0 Å². The molecule has 0 saturated heterocycles. The third kappa shape index (κ3) is 1.61. The van der Waals surface area contributed by atoms with Crippen molar-refractivity contribution in [3.63, 3.8) is 0 Å². The Bertz CT molecular complexity index is 241. The van der Waals surface area contributed by atoms with Crippen molar-refractivity contribution in [2.45, 2.75) is 4.90 Å². The average Bonchev–Trinajstić information content (AvgIpc) is 1.88. The van der Waals surface area contributed by atoms with Crippen molar-refractivity contribution in [1.29, 1.82) is 0 Å². The SMILES string of the molecule is CSc1ccoc(=O)c1. The number of hydrogen-bond donors (Lipinski definition) is 0. The Hall–Kier alpha value is -0.700. The van der Waals surface area contributed by atoms with Crippen molar-refractivity contribution in [3.8, 4) is 0 Å². The Balaban J connectivity index is 3.08. The lowest BCUT2D eigenvalue weighted by Crippen LogP contribution is -1.93. The van der Waals surface area contributed by atoms with Gasteiger partial charge in [0.05, 0.1) is 6.26 Å². The monoisotopic (exact) mass is 142 g/mol. The van der Waals surface area contributed by atoms with Crippen LogP contribution in [0.25, 0.3) is 0 Å². The molecule has 48 valence electrons. The predicted octanol–water partition coefficient (Wildman–Crippen LogP) is 1.36. The third-order valence-electron chi connectivity index (χ3n) is 0.912. The summed E-state index contributed by atoms with van der Waals surface area (Å²) in [6, 6.07) is 3.22. The maximum absolute atomic E-state index is 10.5. The highest BCUT2D eigenvalue weighted by Gasteiger charge is 1.88. The smallest absolute Gasteiger partial charge is 0.336 e. The second-order valence-electron chi connectivity index (χ2n) is 1.49. The normalized spacial score (nSPS) is 9.44. The van der Waals surface area contributed by atoms with E-state index in [0.717, 1.165) is 4.90 Å². The quantitative estimate of drug-likeness (QED) is 0.554. The van der Waals surface area contributed by atoms with Crippen LogP contribution in [-0.2, 0) is 0 Å². The van der Waals surface area contributed by atoms with Crippen LogP contribution in [0.2, 0.25) is 0 Å². The highest BCUT2D eigenvalue weighted by molar-refractivity contribution is 7.98. The fourth-order valence-corrected chi connectivity index (χ4v) is 0.899. The molecule has 0 radical (unpaired) electrons. The van der Waals surface area contributed by atoms with E-state index in [2.05, 4.69) is 4.42 Å². The molecule has 0 saturated carbocycles. The van der Waals surface area contributed by atoms with E-state index in [-0.39, 0.29) is 5.63 Å². The maximum atomic E-state index is 10.5.